The van der Waals surface area contributed by atoms with Crippen LogP contribution in [-0.4, -0.2) is 58.5 Å². The molecular formula is C19H28N4O. The van der Waals surface area contributed by atoms with Crippen LogP contribution in [0.5, 0.6) is 0 Å². The zero-order valence-corrected chi connectivity index (χ0v) is 15.0. The van der Waals surface area contributed by atoms with Crippen LogP contribution < -0.4 is 0 Å². The highest BCUT2D eigenvalue weighted by Gasteiger charge is 2.30. The summed E-state index contributed by atoms with van der Waals surface area (Å²) in [4.78, 5) is 21.8. The summed E-state index contributed by atoms with van der Waals surface area (Å²) >= 11 is 0. The molecule has 3 rings (SSSR count). The number of para-hydroxylation sites is 2. The van der Waals surface area contributed by atoms with Crippen LogP contribution in [0.15, 0.2) is 30.6 Å². The van der Waals surface area contributed by atoms with Crippen molar-refractivity contribution in [3.63, 3.8) is 0 Å². The number of carbonyl (C=O) groups is 1. The van der Waals surface area contributed by atoms with E-state index >= 15 is 0 Å². The van der Waals surface area contributed by atoms with E-state index in [-0.39, 0.29) is 11.8 Å². The molecule has 0 spiro atoms. The van der Waals surface area contributed by atoms with E-state index in [2.05, 4.69) is 39.5 Å². The molecule has 0 N–H and O–H groups in total. The fourth-order valence-electron chi connectivity index (χ4n) is 3.71. The van der Waals surface area contributed by atoms with Crippen molar-refractivity contribution in [2.45, 2.75) is 38.8 Å². The molecule has 0 radical (unpaired) electrons. The van der Waals surface area contributed by atoms with Crippen LogP contribution >= 0.6 is 0 Å². The van der Waals surface area contributed by atoms with Gasteiger partial charge in [-0.2, -0.15) is 0 Å². The van der Waals surface area contributed by atoms with Crippen LogP contribution in [0.2, 0.25) is 0 Å². The van der Waals surface area contributed by atoms with Crippen molar-refractivity contribution >= 4 is 16.9 Å². The molecule has 2 aromatic rings. The normalized spacial score (nSPS) is 19.8. The number of piperidine rings is 1. The van der Waals surface area contributed by atoms with E-state index < -0.39 is 0 Å². The largest absolute Gasteiger partial charge is 0.338 e. The number of imidazole rings is 1. The van der Waals surface area contributed by atoms with Crippen LogP contribution in [0.4, 0.5) is 0 Å². The van der Waals surface area contributed by atoms with Gasteiger partial charge in [0.25, 0.3) is 0 Å². The summed E-state index contributed by atoms with van der Waals surface area (Å²) in [5, 5.41) is 0. The number of fused-ring (bicyclic) bond motifs is 1. The molecule has 24 heavy (non-hydrogen) atoms. The second kappa shape index (κ2) is 7.34. The molecule has 1 amide bonds. The number of carbonyl (C=O) groups excluding carboxylic acids is 1. The lowest BCUT2D eigenvalue weighted by Crippen LogP contribution is -2.50. The first kappa shape index (κ1) is 17.0. The number of likely N-dealkylation sites (N-methyl/N-ethyl adjacent to an activating group) is 1. The fraction of sp³-hybridized carbons (Fsp3) is 0.579. The Morgan fingerprint density at radius 2 is 2.12 bits per heavy atom. The highest BCUT2D eigenvalue weighted by molar-refractivity contribution is 5.79. The van der Waals surface area contributed by atoms with E-state index in [1.165, 1.54) is 6.42 Å². The van der Waals surface area contributed by atoms with E-state index in [0.29, 0.717) is 12.6 Å². The molecule has 0 unspecified atom stereocenters. The molecule has 130 valence electrons. The SMILES string of the molecule is C[C@@H](Cn1cnc2ccccc21)C(=O)N1CCCC[C@@H]1CN(C)C. The standard InChI is InChI=1S/C19H28N4O/c1-15(12-22-14-20-17-9-4-5-10-18(17)22)19(24)23-11-7-6-8-16(23)13-21(2)3/h4-5,9-10,14-16H,6-8,11-13H2,1-3H3/t15-,16+/m0/s1. The van der Waals surface area contributed by atoms with Gasteiger partial charge < -0.3 is 14.4 Å². The van der Waals surface area contributed by atoms with Crippen molar-refractivity contribution in [1.29, 1.82) is 0 Å². The summed E-state index contributed by atoms with van der Waals surface area (Å²) in [5.41, 5.74) is 2.08. The van der Waals surface area contributed by atoms with Gasteiger partial charge in [0.2, 0.25) is 5.91 Å². The first-order valence-corrected chi connectivity index (χ1v) is 8.91. The van der Waals surface area contributed by atoms with Gasteiger partial charge in [0.1, 0.15) is 0 Å². The van der Waals surface area contributed by atoms with Gasteiger partial charge in [-0.1, -0.05) is 19.1 Å². The Morgan fingerprint density at radius 1 is 1.33 bits per heavy atom. The molecule has 1 saturated heterocycles. The number of hydrogen-bond donors (Lipinski definition) is 0. The Hall–Kier alpha value is -1.88. The van der Waals surface area contributed by atoms with E-state index in [9.17, 15) is 4.79 Å². The molecule has 1 aromatic carbocycles. The summed E-state index contributed by atoms with van der Waals surface area (Å²) in [5.74, 6) is 0.240. The third-order valence-electron chi connectivity index (χ3n) is 4.91. The minimum absolute atomic E-state index is 0.0367. The van der Waals surface area contributed by atoms with Crippen molar-refractivity contribution in [1.82, 2.24) is 19.4 Å². The summed E-state index contributed by atoms with van der Waals surface area (Å²) in [6, 6.07) is 8.44. The smallest absolute Gasteiger partial charge is 0.227 e. The molecule has 0 aliphatic carbocycles. The Morgan fingerprint density at radius 3 is 2.92 bits per heavy atom. The Kier molecular flexibility index (Phi) is 5.19. The first-order valence-electron chi connectivity index (χ1n) is 8.91. The van der Waals surface area contributed by atoms with Gasteiger partial charge in [-0.15, -0.1) is 0 Å². The second-order valence-electron chi connectivity index (χ2n) is 7.23. The first-order chi connectivity index (χ1) is 11.6. The van der Waals surface area contributed by atoms with Gasteiger partial charge >= 0.3 is 0 Å². The highest BCUT2D eigenvalue weighted by atomic mass is 16.2. The van der Waals surface area contributed by atoms with Crippen molar-refractivity contribution in [2.75, 3.05) is 27.2 Å². The molecule has 1 fully saturated rings. The van der Waals surface area contributed by atoms with Crippen LogP contribution in [0, 0.1) is 5.92 Å². The minimum atomic E-state index is -0.0367. The lowest BCUT2D eigenvalue weighted by Gasteiger charge is -2.38. The van der Waals surface area contributed by atoms with Crippen molar-refractivity contribution in [2.24, 2.45) is 5.92 Å². The number of amides is 1. The van der Waals surface area contributed by atoms with Crippen LogP contribution in [0.1, 0.15) is 26.2 Å². The number of aromatic nitrogens is 2. The van der Waals surface area contributed by atoms with Crippen LogP contribution in [-0.2, 0) is 11.3 Å². The maximum atomic E-state index is 13.0. The summed E-state index contributed by atoms with van der Waals surface area (Å²) in [6.07, 6.45) is 5.31. The summed E-state index contributed by atoms with van der Waals surface area (Å²) in [7, 11) is 4.16. The number of rotatable bonds is 5. The minimum Gasteiger partial charge on any atom is -0.338 e. The quantitative estimate of drug-likeness (QED) is 0.847. The zero-order chi connectivity index (χ0) is 17.1. The van der Waals surface area contributed by atoms with Gasteiger partial charge in [0.15, 0.2) is 0 Å². The zero-order valence-electron chi connectivity index (χ0n) is 15.0. The van der Waals surface area contributed by atoms with Gasteiger partial charge in [-0.3, -0.25) is 4.79 Å². The molecular weight excluding hydrogens is 300 g/mol. The molecule has 0 bridgehead atoms. The van der Waals surface area contributed by atoms with E-state index in [1.807, 2.05) is 31.5 Å². The van der Waals surface area contributed by atoms with Crippen molar-refractivity contribution in [3.8, 4) is 0 Å². The number of hydrogen-bond acceptors (Lipinski definition) is 3. The van der Waals surface area contributed by atoms with Crippen molar-refractivity contribution in [3.05, 3.63) is 30.6 Å². The topological polar surface area (TPSA) is 41.4 Å². The van der Waals surface area contributed by atoms with E-state index in [0.717, 1.165) is 37.0 Å². The lowest BCUT2D eigenvalue weighted by molar-refractivity contribution is -0.139. The number of likely N-dealkylation sites (tertiary alicyclic amines) is 1. The monoisotopic (exact) mass is 328 g/mol. The molecule has 0 saturated carbocycles. The van der Waals surface area contributed by atoms with E-state index in [4.69, 9.17) is 0 Å². The average molecular weight is 328 g/mol. The second-order valence-corrected chi connectivity index (χ2v) is 7.23. The van der Waals surface area contributed by atoms with Gasteiger partial charge in [-0.25, -0.2) is 4.98 Å². The Balaban J connectivity index is 1.71. The molecule has 1 aliphatic rings. The van der Waals surface area contributed by atoms with Gasteiger partial charge in [0, 0.05) is 25.7 Å². The van der Waals surface area contributed by atoms with Crippen LogP contribution in [0.3, 0.4) is 0 Å². The fourth-order valence-corrected chi connectivity index (χ4v) is 3.71. The number of benzene rings is 1. The summed E-state index contributed by atoms with van der Waals surface area (Å²) in [6.45, 7) is 4.57. The van der Waals surface area contributed by atoms with Gasteiger partial charge in [0.05, 0.1) is 23.3 Å². The third-order valence-corrected chi connectivity index (χ3v) is 4.91. The predicted octanol–water partition coefficient (Wildman–Crippen LogP) is 2.62. The highest BCUT2D eigenvalue weighted by Crippen LogP contribution is 2.21. The van der Waals surface area contributed by atoms with E-state index in [1.54, 1.807) is 0 Å². The molecule has 5 nitrogen and oxygen atoms in total. The molecule has 5 heteroatoms. The molecule has 1 aliphatic heterocycles. The molecule has 2 atom stereocenters. The number of nitrogens with zero attached hydrogens (tertiary/aromatic N) is 4. The molecule has 1 aromatic heterocycles. The maximum absolute atomic E-state index is 13.0. The lowest BCUT2D eigenvalue weighted by atomic mass is 9.99. The Bertz CT molecular complexity index is 693. The van der Waals surface area contributed by atoms with Gasteiger partial charge in [-0.05, 0) is 45.5 Å². The van der Waals surface area contributed by atoms with Crippen molar-refractivity contribution < 1.29 is 4.79 Å². The Labute approximate surface area is 144 Å². The predicted molar refractivity (Wildman–Crippen MR) is 96.8 cm³/mol. The summed E-state index contributed by atoms with van der Waals surface area (Å²) < 4.78 is 2.10. The molecule has 2 heterocycles. The van der Waals surface area contributed by atoms with Crippen LogP contribution in [0.25, 0.3) is 11.0 Å². The average Bonchev–Trinajstić information content (AvgIpc) is 2.97. The maximum Gasteiger partial charge on any atom is 0.227 e. The third kappa shape index (κ3) is 3.61.